The van der Waals surface area contributed by atoms with Crippen molar-refractivity contribution < 1.29 is 19.4 Å². The standard InChI is InChI=1S/C13H16BrNO4/c1-8-3-4-10(14)9(7-8)12(16)15-11(13(17)18)5-6-19-2/h3-4,7,11H,5-6H2,1-2H3,(H,15,16)(H,17,18). The summed E-state index contributed by atoms with van der Waals surface area (Å²) in [6, 6.07) is 4.37. The Kier molecular flexibility index (Phi) is 5.98. The van der Waals surface area contributed by atoms with E-state index in [-0.39, 0.29) is 13.0 Å². The molecule has 104 valence electrons. The third kappa shape index (κ3) is 4.65. The Labute approximate surface area is 120 Å². The normalized spacial score (nSPS) is 11.9. The van der Waals surface area contributed by atoms with Crippen LogP contribution in [0, 0.1) is 6.92 Å². The number of carboxylic acid groups (broad SMARTS) is 1. The summed E-state index contributed by atoms with van der Waals surface area (Å²) in [6.07, 6.45) is 0.223. The van der Waals surface area contributed by atoms with E-state index in [4.69, 9.17) is 9.84 Å². The number of rotatable bonds is 6. The Morgan fingerprint density at radius 2 is 2.16 bits per heavy atom. The zero-order chi connectivity index (χ0) is 14.4. The average molecular weight is 330 g/mol. The lowest BCUT2D eigenvalue weighted by molar-refractivity contribution is -0.139. The topological polar surface area (TPSA) is 75.6 Å². The number of amides is 1. The number of nitrogens with one attached hydrogen (secondary N) is 1. The molecule has 1 unspecified atom stereocenters. The first kappa shape index (κ1) is 15.7. The maximum absolute atomic E-state index is 12.1. The highest BCUT2D eigenvalue weighted by Gasteiger charge is 2.21. The van der Waals surface area contributed by atoms with Crippen LogP contribution < -0.4 is 5.32 Å². The largest absolute Gasteiger partial charge is 0.480 e. The lowest BCUT2D eigenvalue weighted by Gasteiger charge is -2.15. The number of ether oxygens (including phenoxy) is 1. The Bertz CT molecular complexity index is 476. The van der Waals surface area contributed by atoms with Crippen molar-refractivity contribution in [3.05, 3.63) is 33.8 Å². The van der Waals surface area contributed by atoms with E-state index in [1.807, 2.05) is 13.0 Å². The predicted octanol–water partition coefficient (Wildman–Crippen LogP) is 1.98. The van der Waals surface area contributed by atoms with Gasteiger partial charge in [-0.25, -0.2) is 4.79 Å². The summed E-state index contributed by atoms with van der Waals surface area (Å²) in [6.45, 7) is 2.13. The van der Waals surface area contributed by atoms with E-state index in [9.17, 15) is 9.59 Å². The maximum Gasteiger partial charge on any atom is 0.326 e. The second kappa shape index (κ2) is 7.25. The van der Waals surface area contributed by atoms with Crippen LogP contribution in [-0.2, 0) is 9.53 Å². The van der Waals surface area contributed by atoms with E-state index < -0.39 is 17.9 Å². The van der Waals surface area contributed by atoms with Gasteiger partial charge in [-0.3, -0.25) is 4.79 Å². The molecule has 0 saturated heterocycles. The van der Waals surface area contributed by atoms with Crippen LogP contribution in [0.1, 0.15) is 22.3 Å². The number of carbonyl (C=O) groups is 2. The van der Waals surface area contributed by atoms with Gasteiger partial charge in [0.2, 0.25) is 0 Å². The Morgan fingerprint density at radius 3 is 2.74 bits per heavy atom. The molecule has 1 rings (SSSR count). The molecule has 1 atom stereocenters. The molecule has 0 aliphatic rings. The predicted molar refractivity (Wildman–Crippen MR) is 74.3 cm³/mol. The van der Waals surface area contributed by atoms with Gasteiger partial charge in [-0.15, -0.1) is 0 Å². The lowest BCUT2D eigenvalue weighted by Crippen LogP contribution is -2.41. The van der Waals surface area contributed by atoms with Crippen LogP contribution in [-0.4, -0.2) is 36.7 Å². The first-order chi connectivity index (χ1) is 8.95. The van der Waals surface area contributed by atoms with Crippen molar-refractivity contribution in [2.75, 3.05) is 13.7 Å². The molecule has 6 heteroatoms. The number of halogens is 1. The van der Waals surface area contributed by atoms with Crippen molar-refractivity contribution in [3.63, 3.8) is 0 Å². The van der Waals surface area contributed by atoms with Crippen LogP contribution >= 0.6 is 15.9 Å². The highest BCUT2D eigenvalue weighted by Crippen LogP contribution is 2.18. The Balaban J connectivity index is 2.81. The quantitative estimate of drug-likeness (QED) is 0.836. The number of aryl methyl sites for hydroxylation is 1. The lowest BCUT2D eigenvalue weighted by atomic mass is 10.1. The van der Waals surface area contributed by atoms with Gasteiger partial charge in [-0.2, -0.15) is 0 Å². The first-order valence-electron chi connectivity index (χ1n) is 5.74. The highest BCUT2D eigenvalue weighted by molar-refractivity contribution is 9.10. The van der Waals surface area contributed by atoms with Crippen molar-refractivity contribution >= 4 is 27.8 Å². The second-order valence-corrected chi connectivity index (χ2v) is 4.98. The molecule has 2 N–H and O–H groups in total. The molecule has 0 heterocycles. The molecule has 0 aliphatic carbocycles. The molecule has 0 fully saturated rings. The minimum absolute atomic E-state index is 0.223. The molecule has 0 saturated carbocycles. The summed E-state index contributed by atoms with van der Waals surface area (Å²) in [4.78, 5) is 23.1. The van der Waals surface area contributed by atoms with Gasteiger partial charge in [0.1, 0.15) is 6.04 Å². The van der Waals surface area contributed by atoms with Gasteiger partial charge in [-0.05, 0) is 35.0 Å². The van der Waals surface area contributed by atoms with Gasteiger partial charge in [0.05, 0.1) is 5.56 Å². The van der Waals surface area contributed by atoms with E-state index in [1.54, 1.807) is 12.1 Å². The summed E-state index contributed by atoms with van der Waals surface area (Å²) in [5, 5.41) is 11.5. The number of benzene rings is 1. The van der Waals surface area contributed by atoms with Crippen LogP contribution in [0.4, 0.5) is 0 Å². The fourth-order valence-corrected chi connectivity index (χ4v) is 1.97. The van der Waals surface area contributed by atoms with E-state index in [0.717, 1.165) is 5.56 Å². The number of carbonyl (C=O) groups excluding carboxylic acids is 1. The van der Waals surface area contributed by atoms with E-state index in [1.165, 1.54) is 7.11 Å². The van der Waals surface area contributed by atoms with Crippen molar-refractivity contribution in [1.82, 2.24) is 5.32 Å². The van der Waals surface area contributed by atoms with Gasteiger partial charge in [0.25, 0.3) is 5.91 Å². The molecule has 1 amide bonds. The number of hydrogen-bond acceptors (Lipinski definition) is 3. The van der Waals surface area contributed by atoms with Gasteiger partial charge >= 0.3 is 5.97 Å². The summed E-state index contributed by atoms with van der Waals surface area (Å²) in [7, 11) is 1.48. The fourth-order valence-electron chi connectivity index (χ4n) is 1.54. The Hall–Kier alpha value is -1.40. The smallest absolute Gasteiger partial charge is 0.326 e. The molecular weight excluding hydrogens is 314 g/mol. The van der Waals surface area contributed by atoms with Gasteiger partial charge < -0.3 is 15.2 Å². The van der Waals surface area contributed by atoms with Gasteiger partial charge in [0.15, 0.2) is 0 Å². The molecule has 0 aliphatic heterocycles. The van der Waals surface area contributed by atoms with Crippen molar-refractivity contribution in [1.29, 1.82) is 0 Å². The number of carboxylic acids is 1. The summed E-state index contributed by atoms with van der Waals surface area (Å²) >= 11 is 3.28. The van der Waals surface area contributed by atoms with Crippen LogP contribution in [0.15, 0.2) is 22.7 Å². The first-order valence-corrected chi connectivity index (χ1v) is 6.53. The third-order valence-corrected chi connectivity index (χ3v) is 3.27. The molecule has 0 aromatic heterocycles. The molecule has 19 heavy (non-hydrogen) atoms. The van der Waals surface area contributed by atoms with Crippen LogP contribution in [0.3, 0.4) is 0 Å². The summed E-state index contributed by atoms with van der Waals surface area (Å²) in [5.74, 6) is -1.49. The van der Waals surface area contributed by atoms with Crippen molar-refractivity contribution in [3.8, 4) is 0 Å². The molecule has 0 bridgehead atoms. The van der Waals surface area contributed by atoms with Crippen LogP contribution in [0.2, 0.25) is 0 Å². The van der Waals surface area contributed by atoms with Crippen molar-refractivity contribution in [2.24, 2.45) is 0 Å². The molecule has 5 nitrogen and oxygen atoms in total. The number of hydrogen-bond donors (Lipinski definition) is 2. The van der Waals surface area contributed by atoms with E-state index in [0.29, 0.717) is 10.0 Å². The average Bonchev–Trinajstić information content (AvgIpc) is 2.36. The molecule has 0 radical (unpaired) electrons. The minimum atomic E-state index is -1.07. The summed E-state index contributed by atoms with van der Waals surface area (Å²) < 4.78 is 5.46. The van der Waals surface area contributed by atoms with Crippen LogP contribution in [0.5, 0.6) is 0 Å². The fraction of sp³-hybridized carbons (Fsp3) is 0.385. The zero-order valence-corrected chi connectivity index (χ0v) is 12.4. The minimum Gasteiger partial charge on any atom is -0.480 e. The SMILES string of the molecule is COCCC(NC(=O)c1cc(C)ccc1Br)C(=O)O. The Morgan fingerprint density at radius 1 is 1.47 bits per heavy atom. The highest BCUT2D eigenvalue weighted by atomic mass is 79.9. The van der Waals surface area contributed by atoms with E-state index in [2.05, 4.69) is 21.2 Å². The van der Waals surface area contributed by atoms with Gasteiger partial charge in [-0.1, -0.05) is 11.6 Å². The second-order valence-electron chi connectivity index (χ2n) is 4.13. The molecule has 1 aromatic carbocycles. The van der Waals surface area contributed by atoms with Crippen molar-refractivity contribution in [2.45, 2.75) is 19.4 Å². The number of methoxy groups -OCH3 is 1. The monoisotopic (exact) mass is 329 g/mol. The van der Waals surface area contributed by atoms with E-state index >= 15 is 0 Å². The van der Waals surface area contributed by atoms with Crippen LogP contribution in [0.25, 0.3) is 0 Å². The third-order valence-electron chi connectivity index (χ3n) is 2.58. The van der Waals surface area contributed by atoms with Gasteiger partial charge in [0, 0.05) is 24.6 Å². The molecule has 1 aromatic rings. The zero-order valence-electron chi connectivity index (χ0n) is 10.8. The summed E-state index contributed by atoms with van der Waals surface area (Å²) in [5.41, 5.74) is 1.35. The number of aliphatic carboxylic acids is 1. The molecular formula is C13H16BrNO4. The maximum atomic E-state index is 12.1. The molecule has 0 spiro atoms.